The summed E-state index contributed by atoms with van der Waals surface area (Å²) in [6.07, 6.45) is 2.06. The van der Waals surface area contributed by atoms with Crippen LogP contribution in [0.5, 0.6) is 0 Å². The van der Waals surface area contributed by atoms with Gasteiger partial charge in [-0.15, -0.1) is 0 Å². The Hall–Kier alpha value is -1.48. The predicted octanol–water partition coefficient (Wildman–Crippen LogP) is 0.309. The van der Waals surface area contributed by atoms with Crippen LogP contribution in [0.25, 0.3) is 0 Å². The van der Waals surface area contributed by atoms with Crippen molar-refractivity contribution in [2.75, 3.05) is 33.3 Å². The Bertz CT molecular complexity index is 638. The van der Waals surface area contributed by atoms with E-state index in [4.69, 9.17) is 5.73 Å². The summed E-state index contributed by atoms with van der Waals surface area (Å²) in [4.78, 5) is 13.7. The summed E-state index contributed by atoms with van der Waals surface area (Å²) < 4.78 is 27.7. The summed E-state index contributed by atoms with van der Waals surface area (Å²) in [7, 11) is -2.47. The van der Waals surface area contributed by atoms with Gasteiger partial charge in [0, 0.05) is 13.1 Å². The van der Waals surface area contributed by atoms with E-state index in [1.54, 1.807) is 12.1 Å². The van der Waals surface area contributed by atoms with Gasteiger partial charge in [0.2, 0.25) is 5.91 Å². The van der Waals surface area contributed by atoms with E-state index in [0.29, 0.717) is 12.5 Å². The van der Waals surface area contributed by atoms with Crippen LogP contribution in [-0.2, 0) is 25.6 Å². The highest BCUT2D eigenvalue weighted by atomic mass is 32.2. The number of nitrogens with zero attached hydrogens (tertiary/aromatic N) is 1. The molecule has 0 bridgehead atoms. The van der Waals surface area contributed by atoms with E-state index in [9.17, 15) is 13.2 Å². The largest absolute Gasteiger partial charge is 0.355 e. The normalized spacial score (nSPS) is 16.9. The van der Waals surface area contributed by atoms with E-state index in [1.165, 1.54) is 0 Å². The Kier molecular flexibility index (Phi) is 6.73. The maximum Gasteiger partial charge on any atom is 0.296 e. The molecule has 0 aliphatic carbocycles. The maximum absolute atomic E-state index is 11.6. The second-order valence-electron chi connectivity index (χ2n) is 5.99. The molecule has 0 aromatic heterocycles. The van der Waals surface area contributed by atoms with Gasteiger partial charge in [-0.3, -0.25) is 13.9 Å². The van der Waals surface area contributed by atoms with Crippen molar-refractivity contribution in [2.24, 2.45) is 11.7 Å². The lowest BCUT2D eigenvalue weighted by molar-refractivity contribution is -0.120. The molecule has 1 heterocycles. The van der Waals surface area contributed by atoms with Gasteiger partial charge in [0.1, 0.15) is 0 Å². The molecule has 8 heteroatoms. The van der Waals surface area contributed by atoms with Crippen molar-refractivity contribution in [3.63, 3.8) is 0 Å². The average molecular weight is 355 g/mol. The van der Waals surface area contributed by atoms with Crippen LogP contribution in [0.1, 0.15) is 18.4 Å². The van der Waals surface area contributed by atoms with Crippen molar-refractivity contribution in [1.29, 1.82) is 0 Å². The lowest BCUT2D eigenvalue weighted by Crippen LogP contribution is -2.39. The molecule has 3 N–H and O–H groups in total. The third kappa shape index (κ3) is 5.27. The van der Waals surface area contributed by atoms with Crippen molar-refractivity contribution in [3.05, 3.63) is 29.8 Å². The molecule has 1 fully saturated rings. The van der Waals surface area contributed by atoms with Crippen molar-refractivity contribution < 1.29 is 17.4 Å². The second kappa shape index (κ2) is 8.57. The molecule has 2 rings (SSSR count). The van der Waals surface area contributed by atoms with Crippen molar-refractivity contribution in [3.8, 4) is 0 Å². The van der Waals surface area contributed by atoms with E-state index >= 15 is 0 Å². The highest BCUT2D eigenvalue weighted by Gasteiger charge is 2.20. The number of amides is 1. The summed E-state index contributed by atoms with van der Waals surface area (Å²) in [6, 6.07) is 6.78. The van der Waals surface area contributed by atoms with E-state index in [0.717, 1.165) is 45.1 Å². The molecule has 0 radical (unpaired) electrons. The predicted molar refractivity (Wildman–Crippen MR) is 90.7 cm³/mol. The lowest BCUT2D eigenvalue weighted by Gasteiger charge is -2.32. The summed E-state index contributed by atoms with van der Waals surface area (Å²) in [5, 5.41) is 2.84. The van der Waals surface area contributed by atoms with Gasteiger partial charge in [-0.1, -0.05) is 12.1 Å². The average Bonchev–Trinajstić information content (AvgIpc) is 2.61. The SMILES string of the molecule is COS(=O)(=O)c1ccc(CN2CCC(CNC(=O)CN)CC2)cc1. The molecule has 0 spiro atoms. The molecule has 1 aliphatic rings. The first-order chi connectivity index (χ1) is 11.4. The van der Waals surface area contributed by atoms with Crippen LogP contribution in [0.4, 0.5) is 0 Å². The molecule has 134 valence electrons. The third-order valence-corrected chi connectivity index (χ3v) is 5.61. The van der Waals surface area contributed by atoms with Crippen molar-refractivity contribution in [2.45, 2.75) is 24.3 Å². The number of benzene rings is 1. The van der Waals surface area contributed by atoms with Gasteiger partial charge in [0.15, 0.2) is 0 Å². The zero-order valence-corrected chi connectivity index (χ0v) is 14.7. The van der Waals surface area contributed by atoms with Crippen LogP contribution in [0, 0.1) is 5.92 Å². The minimum Gasteiger partial charge on any atom is -0.355 e. The summed E-state index contributed by atoms with van der Waals surface area (Å²) in [6.45, 7) is 3.43. The highest BCUT2D eigenvalue weighted by molar-refractivity contribution is 7.86. The maximum atomic E-state index is 11.6. The van der Waals surface area contributed by atoms with E-state index in [1.807, 2.05) is 12.1 Å². The summed E-state index contributed by atoms with van der Waals surface area (Å²) in [5.74, 6) is 0.384. The molecule has 1 saturated heterocycles. The van der Waals surface area contributed by atoms with Gasteiger partial charge >= 0.3 is 0 Å². The fraction of sp³-hybridized carbons (Fsp3) is 0.562. The van der Waals surface area contributed by atoms with E-state index in [2.05, 4.69) is 14.4 Å². The quantitative estimate of drug-likeness (QED) is 0.683. The molecular weight excluding hydrogens is 330 g/mol. The number of nitrogens with two attached hydrogens (primary N) is 1. The number of likely N-dealkylation sites (tertiary alicyclic amines) is 1. The van der Waals surface area contributed by atoms with Crippen molar-refractivity contribution in [1.82, 2.24) is 10.2 Å². The standard InChI is InChI=1S/C16H25N3O4S/c1-23-24(21,22)15-4-2-14(3-5-15)12-19-8-6-13(7-9-19)11-18-16(20)10-17/h2-5,13H,6-12,17H2,1H3,(H,18,20). The molecule has 7 nitrogen and oxygen atoms in total. The Morgan fingerprint density at radius 3 is 2.46 bits per heavy atom. The Balaban J connectivity index is 1.80. The van der Waals surface area contributed by atoms with Gasteiger partial charge in [0.05, 0.1) is 18.6 Å². The Morgan fingerprint density at radius 1 is 1.29 bits per heavy atom. The van der Waals surface area contributed by atoms with E-state index in [-0.39, 0.29) is 17.3 Å². The van der Waals surface area contributed by atoms with Crippen LogP contribution in [0.2, 0.25) is 0 Å². The van der Waals surface area contributed by atoms with E-state index < -0.39 is 10.1 Å². The topological polar surface area (TPSA) is 102 Å². The molecule has 0 saturated carbocycles. The van der Waals surface area contributed by atoms with Crippen LogP contribution in [0.3, 0.4) is 0 Å². The van der Waals surface area contributed by atoms with Crippen LogP contribution >= 0.6 is 0 Å². The number of piperidine rings is 1. The lowest BCUT2D eigenvalue weighted by atomic mass is 9.96. The van der Waals surface area contributed by atoms with Gasteiger partial charge in [0.25, 0.3) is 10.1 Å². The number of hydrogen-bond donors (Lipinski definition) is 2. The fourth-order valence-corrected chi connectivity index (χ4v) is 3.46. The smallest absolute Gasteiger partial charge is 0.296 e. The summed E-state index contributed by atoms with van der Waals surface area (Å²) in [5.41, 5.74) is 6.35. The minimum absolute atomic E-state index is 0.0353. The van der Waals surface area contributed by atoms with Crippen molar-refractivity contribution >= 4 is 16.0 Å². The molecule has 1 aromatic rings. The van der Waals surface area contributed by atoms with Crippen LogP contribution in [-0.4, -0.2) is 52.5 Å². The number of nitrogens with one attached hydrogen (secondary N) is 1. The first kappa shape index (κ1) is 18.9. The number of rotatable bonds is 7. The van der Waals surface area contributed by atoms with Gasteiger partial charge in [-0.05, 0) is 49.5 Å². The third-order valence-electron chi connectivity index (χ3n) is 4.32. The van der Waals surface area contributed by atoms with Crippen LogP contribution < -0.4 is 11.1 Å². The number of carbonyl (C=O) groups excluding carboxylic acids is 1. The Labute approximate surface area is 143 Å². The first-order valence-electron chi connectivity index (χ1n) is 8.03. The minimum atomic E-state index is -3.63. The monoisotopic (exact) mass is 355 g/mol. The Morgan fingerprint density at radius 2 is 1.92 bits per heavy atom. The second-order valence-corrected chi connectivity index (χ2v) is 7.71. The molecule has 0 atom stereocenters. The van der Waals surface area contributed by atoms with Gasteiger partial charge < -0.3 is 11.1 Å². The van der Waals surface area contributed by atoms with Gasteiger partial charge in [-0.2, -0.15) is 8.42 Å². The summed E-state index contributed by atoms with van der Waals surface area (Å²) >= 11 is 0. The zero-order chi connectivity index (χ0) is 17.6. The molecule has 1 aliphatic heterocycles. The fourth-order valence-electron chi connectivity index (χ4n) is 2.79. The molecule has 24 heavy (non-hydrogen) atoms. The number of hydrogen-bond acceptors (Lipinski definition) is 6. The highest BCUT2D eigenvalue weighted by Crippen LogP contribution is 2.19. The molecule has 1 amide bonds. The van der Waals surface area contributed by atoms with Gasteiger partial charge in [-0.25, -0.2) is 0 Å². The molecule has 1 aromatic carbocycles. The molecular formula is C16H25N3O4S. The zero-order valence-electron chi connectivity index (χ0n) is 13.9. The number of carbonyl (C=O) groups is 1. The first-order valence-corrected chi connectivity index (χ1v) is 9.44. The van der Waals surface area contributed by atoms with Crippen LogP contribution in [0.15, 0.2) is 29.2 Å². The molecule has 0 unspecified atom stereocenters.